The molecule has 1 aromatic carbocycles. The van der Waals surface area contributed by atoms with Crippen LogP contribution in [0.3, 0.4) is 0 Å². The number of alkyl halides is 3. The molecule has 0 amide bonds. The number of nitrogens with zero attached hydrogens (tertiary/aromatic N) is 2. The summed E-state index contributed by atoms with van der Waals surface area (Å²) in [6.45, 7) is 4.55. The lowest BCUT2D eigenvalue weighted by Gasteiger charge is -2.30. The standard InChI is InChI=1S/C18H27F3N4O2S.HI/c1-3-22-17(23-12-14-4-6-16(7-5-14)18(19,20)21)24-13-15-8-10-25(11-9-15)28(2,26)27;/h4-7,15H,3,8-13H2,1-2H3,(H2,22,23,24);1H. The van der Waals surface area contributed by atoms with E-state index in [0.717, 1.165) is 25.0 Å². The molecule has 0 unspecified atom stereocenters. The highest BCUT2D eigenvalue weighted by atomic mass is 127. The van der Waals surface area contributed by atoms with Gasteiger partial charge in [-0.2, -0.15) is 13.2 Å². The first-order valence-corrected chi connectivity index (χ1v) is 11.1. The van der Waals surface area contributed by atoms with E-state index in [4.69, 9.17) is 0 Å². The SMILES string of the molecule is CCNC(=NCc1ccc(C(F)(F)F)cc1)NCC1CCN(S(C)(=O)=O)CC1.I. The highest BCUT2D eigenvalue weighted by Gasteiger charge is 2.30. The molecule has 29 heavy (non-hydrogen) atoms. The molecule has 6 nitrogen and oxygen atoms in total. The molecule has 1 heterocycles. The predicted octanol–water partition coefficient (Wildman–Crippen LogP) is 3.05. The molecule has 11 heteroatoms. The monoisotopic (exact) mass is 548 g/mol. The van der Waals surface area contributed by atoms with Crippen LogP contribution in [-0.2, 0) is 22.7 Å². The highest BCUT2D eigenvalue weighted by molar-refractivity contribution is 14.0. The summed E-state index contributed by atoms with van der Waals surface area (Å²) in [5.41, 5.74) is 0.0114. The Morgan fingerprint density at radius 1 is 1.17 bits per heavy atom. The third-order valence-corrected chi connectivity index (χ3v) is 5.95. The van der Waals surface area contributed by atoms with Crippen LogP contribution in [0.5, 0.6) is 0 Å². The smallest absolute Gasteiger partial charge is 0.357 e. The van der Waals surface area contributed by atoms with Crippen molar-refractivity contribution < 1.29 is 21.6 Å². The van der Waals surface area contributed by atoms with Crippen molar-refractivity contribution >= 4 is 40.0 Å². The largest absolute Gasteiger partial charge is 0.416 e. The zero-order valence-electron chi connectivity index (χ0n) is 16.5. The van der Waals surface area contributed by atoms with Crippen molar-refractivity contribution in [1.29, 1.82) is 0 Å². The second-order valence-electron chi connectivity index (χ2n) is 6.88. The van der Waals surface area contributed by atoms with E-state index in [0.29, 0.717) is 43.6 Å². The molecule has 1 aliphatic heterocycles. The van der Waals surface area contributed by atoms with Crippen LogP contribution in [-0.4, -0.2) is 51.1 Å². The Hall–Kier alpha value is -1.08. The number of nitrogens with one attached hydrogen (secondary N) is 2. The first-order valence-electron chi connectivity index (χ1n) is 9.23. The molecule has 1 fully saturated rings. The summed E-state index contributed by atoms with van der Waals surface area (Å²) in [7, 11) is -3.13. The van der Waals surface area contributed by atoms with Crippen LogP contribution in [0.1, 0.15) is 30.9 Å². The molecule has 0 aromatic heterocycles. The van der Waals surface area contributed by atoms with E-state index >= 15 is 0 Å². The Balaban J connectivity index is 0.00000420. The fraction of sp³-hybridized carbons (Fsp3) is 0.611. The molecular formula is C18H28F3IN4O2S. The lowest BCUT2D eigenvalue weighted by atomic mass is 9.98. The van der Waals surface area contributed by atoms with E-state index in [-0.39, 0.29) is 30.5 Å². The Bertz CT molecular complexity index is 762. The van der Waals surface area contributed by atoms with Crippen molar-refractivity contribution in [2.45, 2.75) is 32.5 Å². The van der Waals surface area contributed by atoms with Crippen LogP contribution in [0.2, 0.25) is 0 Å². The van der Waals surface area contributed by atoms with Gasteiger partial charge in [-0.1, -0.05) is 12.1 Å². The van der Waals surface area contributed by atoms with Crippen molar-refractivity contribution in [2.75, 3.05) is 32.4 Å². The van der Waals surface area contributed by atoms with Crippen molar-refractivity contribution in [2.24, 2.45) is 10.9 Å². The maximum Gasteiger partial charge on any atom is 0.416 e. The molecule has 2 rings (SSSR count). The van der Waals surface area contributed by atoms with Gasteiger partial charge in [0, 0.05) is 26.2 Å². The normalized spacial score (nSPS) is 16.9. The van der Waals surface area contributed by atoms with Crippen molar-refractivity contribution in [3.05, 3.63) is 35.4 Å². The number of sulfonamides is 1. The third kappa shape index (κ3) is 8.67. The molecule has 0 bridgehead atoms. The number of hydrogen-bond donors (Lipinski definition) is 2. The summed E-state index contributed by atoms with van der Waals surface area (Å²) in [5.74, 6) is 0.931. The van der Waals surface area contributed by atoms with Gasteiger partial charge in [-0.3, -0.25) is 0 Å². The molecule has 0 radical (unpaired) electrons. The number of hydrogen-bond acceptors (Lipinski definition) is 3. The molecule has 2 N–H and O–H groups in total. The van der Waals surface area contributed by atoms with Gasteiger partial charge in [-0.25, -0.2) is 17.7 Å². The van der Waals surface area contributed by atoms with E-state index in [9.17, 15) is 21.6 Å². The van der Waals surface area contributed by atoms with E-state index < -0.39 is 21.8 Å². The third-order valence-electron chi connectivity index (χ3n) is 4.65. The van der Waals surface area contributed by atoms with Crippen LogP contribution >= 0.6 is 24.0 Å². The first kappa shape index (κ1) is 26.0. The number of benzene rings is 1. The number of aliphatic imine (C=N–C) groups is 1. The average molecular weight is 548 g/mol. The quantitative estimate of drug-likeness (QED) is 0.326. The van der Waals surface area contributed by atoms with Gasteiger partial charge in [0.05, 0.1) is 18.4 Å². The Morgan fingerprint density at radius 3 is 2.24 bits per heavy atom. The number of piperidine rings is 1. The van der Waals surface area contributed by atoms with Gasteiger partial charge >= 0.3 is 6.18 Å². The van der Waals surface area contributed by atoms with E-state index in [1.54, 1.807) is 0 Å². The van der Waals surface area contributed by atoms with Crippen LogP contribution < -0.4 is 10.6 Å². The highest BCUT2D eigenvalue weighted by Crippen LogP contribution is 2.29. The van der Waals surface area contributed by atoms with Gasteiger partial charge in [0.1, 0.15) is 0 Å². The lowest BCUT2D eigenvalue weighted by molar-refractivity contribution is -0.137. The van der Waals surface area contributed by atoms with Gasteiger partial charge in [0.25, 0.3) is 0 Å². The summed E-state index contributed by atoms with van der Waals surface area (Å²) in [6.07, 6.45) is -1.57. The second-order valence-corrected chi connectivity index (χ2v) is 8.86. The maximum absolute atomic E-state index is 12.6. The van der Waals surface area contributed by atoms with Gasteiger partial charge in [0.15, 0.2) is 5.96 Å². The molecule has 1 aromatic rings. The molecule has 0 spiro atoms. The van der Waals surface area contributed by atoms with Crippen LogP contribution in [0, 0.1) is 5.92 Å². The van der Waals surface area contributed by atoms with Crippen molar-refractivity contribution in [3.63, 3.8) is 0 Å². The molecule has 1 saturated heterocycles. The summed E-state index contributed by atoms with van der Waals surface area (Å²) < 4.78 is 62.5. The van der Waals surface area contributed by atoms with Gasteiger partial charge in [0.2, 0.25) is 10.0 Å². The maximum atomic E-state index is 12.6. The molecule has 1 aliphatic rings. The first-order chi connectivity index (χ1) is 13.1. The van der Waals surface area contributed by atoms with Gasteiger partial charge in [-0.15, -0.1) is 24.0 Å². The number of halogens is 4. The topological polar surface area (TPSA) is 73.8 Å². The Labute approximate surface area is 187 Å². The number of guanidine groups is 1. The summed E-state index contributed by atoms with van der Waals surface area (Å²) in [5, 5.41) is 6.35. The van der Waals surface area contributed by atoms with Crippen LogP contribution in [0.15, 0.2) is 29.3 Å². The molecule has 0 atom stereocenters. The van der Waals surface area contributed by atoms with Crippen molar-refractivity contribution in [1.82, 2.24) is 14.9 Å². The van der Waals surface area contributed by atoms with Crippen LogP contribution in [0.4, 0.5) is 13.2 Å². The molecular weight excluding hydrogens is 520 g/mol. The number of rotatable bonds is 6. The van der Waals surface area contributed by atoms with E-state index in [1.807, 2.05) is 6.92 Å². The van der Waals surface area contributed by atoms with Gasteiger partial charge in [-0.05, 0) is 43.4 Å². The molecule has 166 valence electrons. The fourth-order valence-electron chi connectivity index (χ4n) is 3.00. The second kappa shape index (κ2) is 11.3. The van der Waals surface area contributed by atoms with E-state index in [1.165, 1.54) is 22.7 Å². The summed E-state index contributed by atoms with van der Waals surface area (Å²) in [6, 6.07) is 4.97. The average Bonchev–Trinajstić information content (AvgIpc) is 2.63. The minimum atomic E-state index is -4.34. The minimum absolute atomic E-state index is 0. The predicted molar refractivity (Wildman–Crippen MR) is 119 cm³/mol. The van der Waals surface area contributed by atoms with Gasteiger partial charge < -0.3 is 10.6 Å². The van der Waals surface area contributed by atoms with Crippen molar-refractivity contribution in [3.8, 4) is 0 Å². The fourth-order valence-corrected chi connectivity index (χ4v) is 3.87. The van der Waals surface area contributed by atoms with Crippen LogP contribution in [0.25, 0.3) is 0 Å². The molecule has 0 aliphatic carbocycles. The minimum Gasteiger partial charge on any atom is -0.357 e. The lowest BCUT2D eigenvalue weighted by Crippen LogP contribution is -2.44. The van der Waals surface area contributed by atoms with E-state index in [2.05, 4.69) is 15.6 Å². The Kier molecular flexibility index (Phi) is 10.2. The zero-order chi connectivity index (χ0) is 20.8. The Morgan fingerprint density at radius 2 is 1.76 bits per heavy atom. The zero-order valence-corrected chi connectivity index (χ0v) is 19.6. The summed E-state index contributed by atoms with van der Waals surface area (Å²) >= 11 is 0. The molecule has 0 saturated carbocycles. The summed E-state index contributed by atoms with van der Waals surface area (Å²) in [4.78, 5) is 4.42.